The average molecular weight is 214 g/mol. The van der Waals surface area contributed by atoms with Crippen LogP contribution in [0.1, 0.15) is 10.4 Å². The molecule has 0 spiro atoms. The van der Waals surface area contributed by atoms with Gasteiger partial charge in [0.2, 0.25) is 5.82 Å². The lowest BCUT2D eigenvalue weighted by Gasteiger charge is -2.08. The van der Waals surface area contributed by atoms with E-state index in [4.69, 9.17) is 9.47 Å². The summed E-state index contributed by atoms with van der Waals surface area (Å²) in [6.45, 7) is 0. The molecule has 0 aliphatic rings. The minimum atomic E-state index is -0.646. The van der Waals surface area contributed by atoms with Gasteiger partial charge in [-0.1, -0.05) is 0 Å². The number of methoxy groups -OCH3 is 3. The minimum absolute atomic E-state index is 0.0604. The van der Waals surface area contributed by atoms with E-state index in [-0.39, 0.29) is 17.1 Å². The molecule has 0 saturated heterocycles. The molecule has 0 fully saturated rings. The fourth-order valence-electron chi connectivity index (χ4n) is 1.11. The predicted molar refractivity (Wildman–Crippen MR) is 50.8 cm³/mol. The fraction of sp³-hybridized carbons (Fsp3) is 0.300. The molecule has 0 aliphatic heterocycles. The summed E-state index contributed by atoms with van der Waals surface area (Å²) in [5, 5.41) is 0. The first-order valence-electron chi connectivity index (χ1n) is 4.13. The number of ether oxygens (including phenoxy) is 3. The van der Waals surface area contributed by atoms with Crippen molar-refractivity contribution in [1.82, 2.24) is 0 Å². The second-order valence-corrected chi connectivity index (χ2v) is 2.69. The van der Waals surface area contributed by atoms with Crippen LogP contribution in [-0.4, -0.2) is 27.3 Å². The molecule has 0 saturated carbocycles. The average Bonchev–Trinajstić information content (AvgIpc) is 2.28. The summed E-state index contributed by atoms with van der Waals surface area (Å²) >= 11 is 0. The molecule has 1 rings (SSSR count). The summed E-state index contributed by atoms with van der Waals surface area (Å²) in [5.41, 5.74) is 0.174. The van der Waals surface area contributed by atoms with E-state index >= 15 is 0 Å². The Bertz CT molecular complexity index is 351. The smallest absolute Gasteiger partial charge is 0.338 e. The molecule has 0 bridgehead atoms. The standard InChI is InChI=1S/C10H11FO4/c1-13-7-4-6(10(12)15-3)5-8(14-2)9(7)11/h4-5H,1-3H3. The maximum absolute atomic E-state index is 13.4. The quantitative estimate of drug-likeness (QED) is 0.717. The monoisotopic (exact) mass is 214 g/mol. The fourth-order valence-corrected chi connectivity index (χ4v) is 1.11. The van der Waals surface area contributed by atoms with Crippen LogP contribution in [0.3, 0.4) is 0 Å². The van der Waals surface area contributed by atoms with Gasteiger partial charge in [-0.25, -0.2) is 4.79 Å². The molecule has 1 aromatic carbocycles. The van der Waals surface area contributed by atoms with E-state index in [2.05, 4.69) is 4.74 Å². The SMILES string of the molecule is COC(=O)c1cc(OC)c(F)c(OC)c1. The number of esters is 1. The summed E-state index contributed by atoms with van der Waals surface area (Å²) < 4.78 is 27.4. The van der Waals surface area contributed by atoms with Crippen LogP contribution in [-0.2, 0) is 4.74 Å². The summed E-state index contributed by atoms with van der Waals surface area (Å²) in [7, 11) is 3.85. The molecular weight excluding hydrogens is 203 g/mol. The number of hydrogen-bond donors (Lipinski definition) is 0. The van der Waals surface area contributed by atoms with Gasteiger partial charge in [0.1, 0.15) is 0 Å². The second-order valence-electron chi connectivity index (χ2n) is 2.69. The zero-order chi connectivity index (χ0) is 11.4. The zero-order valence-corrected chi connectivity index (χ0v) is 8.67. The minimum Gasteiger partial charge on any atom is -0.494 e. The molecular formula is C10H11FO4. The molecule has 15 heavy (non-hydrogen) atoms. The zero-order valence-electron chi connectivity index (χ0n) is 8.67. The first kappa shape index (κ1) is 11.3. The van der Waals surface area contributed by atoms with Crippen molar-refractivity contribution < 1.29 is 23.4 Å². The molecule has 0 unspecified atom stereocenters. The van der Waals surface area contributed by atoms with Crippen molar-refractivity contribution in [3.05, 3.63) is 23.5 Å². The van der Waals surface area contributed by atoms with Gasteiger partial charge in [0.15, 0.2) is 11.5 Å². The Morgan fingerprint density at radius 3 is 1.93 bits per heavy atom. The van der Waals surface area contributed by atoms with Crippen molar-refractivity contribution in [3.63, 3.8) is 0 Å². The van der Waals surface area contributed by atoms with Crippen LogP contribution < -0.4 is 9.47 Å². The van der Waals surface area contributed by atoms with E-state index in [1.165, 1.54) is 33.5 Å². The van der Waals surface area contributed by atoms with Crippen LogP contribution >= 0.6 is 0 Å². The predicted octanol–water partition coefficient (Wildman–Crippen LogP) is 1.63. The van der Waals surface area contributed by atoms with E-state index in [0.717, 1.165) is 0 Å². The lowest BCUT2D eigenvalue weighted by atomic mass is 10.2. The molecule has 0 amide bonds. The molecule has 4 nitrogen and oxygen atoms in total. The molecule has 0 aromatic heterocycles. The Kier molecular flexibility index (Phi) is 3.49. The first-order valence-corrected chi connectivity index (χ1v) is 4.13. The van der Waals surface area contributed by atoms with E-state index < -0.39 is 11.8 Å². The summed E-state index contributed by atoms with van der Waals surface area (Å²) in [6.07, 6.45) is 0. The number of benzene rings is 1. The third-order valence-electron chi connectivity index (χ3n) is 1.87. The molecule has 82 valence electrons. The Balaban J connectivity index is 3.26. The van der Waals surface area contributed by atoms with Crippen molar-refractivity contribution in [2.45, 2.75) is 0 Å². The second kappa shape index (κ2) is 4.63. The topological polar surface area (TPSA) is 44.8 Å². The Hall–Kier alpha value is -1.78. The largest absolute Gasteiger partial charge is 0.494 e. The molecule has 0 N–H and O–H groups in total. The van der Waals surface area contributed by atoms with Gasteiger partial charge >= 0.3 is 5.97 Å². The van der Waals surface area contributed by atoms with E-state index in [1.807, 2.05) is 0 Å². The highest BCUT2D eigenvalue weighted by Gasteiger charge is 2.16. The highest BCUT2D eigenvalue weighted by molar-refractivity contribution is 5.90. The first-order chi connectivity index (χ1) is 7.13. The van der Waals surface area contributed by atoms with Crippen LogP contribution in [0.4, 0.5) is 4.39 Å². The Labute approximate surface area is 86.6 Å². The lowest BCUT2D eigenvalue weighted by Crippen LogP contribution is -2.04. The third-order valence-corrected chi connectivity index (χ3v) is 1.87. The normalized spacial score (nSPS) is 9.60. The maximum Gasteiger partial charge on any atom is 0.338 e. The van der Waals surface area contributed by atoms with Crippen LogP contribution in [0.15, 0.2) is 12.1 Å². The van der Waals surface area contributed by atoms with Crippen molar-refractivity contribution in [2.24, 2.45) is 0 Å². The number of rotatable bonds is 3. The van der Waals surface area contributed by atoms with Crippen molar-refractivity contribution in [3.8, 4) is 11.5 Å². The van der Waals surface area contributed by atoms with Crippen LogP contribution in [0.5, 0.6) is 11.5 Å². The number of carbonyl (C=O) groups excluding carboxylic acids is 1. The van der Waals surface area contributed by atoms with Gasteiger partial charge in [0.05, 0.1) is 26.9 Å². The van der Waals surface area contributed by atoms with Gasteiger partial charge in [-0.3, -0.25) is 0 Å². The number of halogens is 1. The van der Waals surface area contributed by atoms with E-state index in [0.29, 0.717) is 0 Å². The highest BCUT2D eigenvalue weighted by Crippen LogP contribution is 2.28. The van der Waals surface area contributed by atoms with E-state index in [1.54, 1.807) is 0 Å². The van der Waals surface area contributed by atoms with Gasteiger partial charge < -0.3 is 14.2 Å². The highest BCUT2D eigenvalue weighted by atomic mass is 19.1. The third kappa shape index (κ3) is 2.18. The van der Waals surface area contributed by atoms with E-state index in [9.17, 15) is 9.18 Å². The van der Waals surface area contributed by atoms with Crippen LogP contribution in [0, 0.1) is 5.82 Å². The summed E-state index contributed by atoms with van der Waals surface area (Å²) in [4.78, 5) is 11.2. The van der Waals surface area contributed by atoms with Gasteiger partial charge in [-0.05, 0) is 12.1 Å². The number of hydrogen-bond acceptors (Lipinski definition) is 4. The molecule has 1 aromatic rings. The number of carbonyl (C=O) groups is 1. The molecule has 5 heteroatoms. The van der Waals surface area contributed by atoms with Crippen LogP contribution in [0.25, 0.3) is 0 Å². The van der Waals surface area contributed by atoms with Crippen LogP contribution in [0.2, 0.25) is 0 Å². The van der Waals surface area contributed by atoms with Gasteiger partial charge in [-0.2, -0.15) is 4.39 Å². The molecule has 0 aliphatic carbocycles. The maximum atomic E-state index is 13.4. The van der Waals surface area contributed by atoms with Gasteiger partial charge in [-0.15, -0.1) is 0 Å². The lowest BCUT2D eigenvalue weighted by molar-refractivity contribution is 0.0599. The molecule has 0 radical (unpaired) electrons. The summed E-state index contributed by atoms with van der Waals surface area (Å²) in [5.74, 6) is -1.34. The van der Waals surface area contributed by atoms with Crippen molar-refractivity contribution in [1.29, 1.82) is 0 Å². The van der Waals surface area contributed by atoms with Crippen molar-refractivity contribution >= 4 is 5.97 Å². The molecule has 0 heterocycles. The Morgan fingerprint density at radius 2 is 1.60 bits per heavy atom. The van der Waals surface area contributed by atoms with Crippen molar-refractivity contribution in [2.75, 3.05) is 21.3 Å². The summed E-state index contributed by atoms with van der Waals surface area (Å²) in [6, 6.07) is 2.51. The van der Waals surface area contributed by atoms with Gasteiger partial charge in [0, 0.05) is 0 Å². The van der Waals surface area contributed by atoms with Gasteiger partial charge in [0.25, 0.3) is 0 Å². The molecule has 0 atom stereocenters. The Morgan fingerprint density at radius 1 is 1.13 bits per heavy atom.